The Balaban J connectivity index is 1.66. The van der Waals surface area contributed by atoms with Gasteiger partial charge in [-0.1, -0.05) is 0 Å². The van der Waals surface area contributed by atoms with Crippen LogP contribution in [0.1, 0.15) is 5.76 Å². The summed E-state index contributed by atoms with van der Waals surface area (Å²) in [5, 5.41) is 0. The molecule has 1 N–H and O–H groups in total. The lowest BCUT2D eigenvalue weighted by molar-refractivity contribution is 0.213. The fraction of sp³-hybridized carbons (Fsp3) is 0.308. The highest BCUT2D eigenvalue weighted by atomic mass is 32.2. The molecule has 0 aliphatic rings. The average molecular weight is 317 g/mol. The highest BCUT2D eigenvalue weighted by Gasteiger charge is 2.09. The number of thioether (sulfide) groups is 1. The van der Waals surface area contributed by atoms with Gasteiger partial charge in [0, 0.05) is 11.9 Å². The van der Waals surface area contributed by atoms with Crippen LogP contribution in [0.4, 0.5) is 8.78 Å². The second-order valence-electron chi connectivity index (χ2n) is 4.02. The van der Waals surface area contributed by atoms with Crippen molar-refractivity contribution >= 4 is 24.0 Å². The Bertz CT molecular complexity index is 583. The van der Waals surface area contributed by atoms with Gasteiger partial charge >= 0.3 is 0 Å². The Morgan fingerprint density at radius 2 is 2.10 bits per heavy atom. The Morgan fingerprint density at radius 3 is 2.75 bits per heavy atom. The van der Waals surface area contributed by atoms with Crippen molar-refractivity contribution < 1.29 is 17.9 Å². The van der Waals surface area contributed by atoms with Gasteiger partial charge in [0.15, 0.2) is 0 Å². The summed E-state index contributed by atoms with van der Waals surface area (Å²) in [6.07, 6.45) is 0.560. The molecule has 1 aromatic carbocycles. The van der Waals surface area contributed by atoms with Crippen molar-refractivity contribution in [2.24, 2.45) is 0 Å². The largest absolute Gasteiger partial charge is 0.491 e. The van der Waals surface area contributed by atoms with Crippen LogP contribution >= 0.6 is 24.0 Å². The van der Waals surface area contributed by atoms with Crippen molar-refractivity contribution in [3.05, 3.63) is 46.9 Å². The molecule has 3 nitrogen and oxygen atoms in total. The standard InChI is InChI=1S/C13H13F2NO2S2/c14-9-1-3-11(4-2-9)17-6-10(15)7-20-8-12-5-16-13(19)18-12/h1-5,10H,6-8H2,(H,16,19). The lowest BCUT2D eigenvalue weighted by Crippen LogP contribution is -2.15. The van der Waals surface area contributed by atoms with Gasteiger partial charge in [-0.2, -0.15) is 11.8 Å². The minimum Gasteiger partial charge on any atom is -0.491 e. The van der Waals surface area contributed by atoms with Crippen LogP contribution in [0, 0.1) is 10.7 Å². The predicted octanol–water partition coefficient (Wildman–Crippen LogP) is 4.13. The number of hydrogen-bond donors (Lipinski definition) is 1. The maximum Gasteiger partial charge on any atom is 0.266 e. The van der Waals surface area contributed by atoms with Gasteiger partial charge in [-0.15, -0.1) is 0 Å². The lowest BCUT2D eigenvalue weighted by atomic mass is 10.3. The number of benzene rings is 1. The van der Waals surface area contributed by atoms with Crippen molar-refractivity contribution in [2.75, 3.05) is 12.4 Å². The van der Waals surface area contributed by atoms with E-state index in [0.29, 0.717) is 22.1 Å². The molecule has 1 atom stereocenters. The summed E-state index contributed by atoms with van der Waals surface area (Å²) in [6, 6.07) is 5.49. The van der Waals surface area contributed by atoms with E-state index in [-0.39, 0.29) is 18.2 Å². The Kier molecular flexibility index (Phi) is 5.60. The molecule has 0 fully saturated rings. The first kappa shape index (κ1) is 15.1. The molecule has 2 aromatic rings. The number of aromatic amines is 1. The van der Waals surface area contributed by atoms with Crippen molar-refractivity contribution in [1.82, 2.24) is 4.98 Å². The van der Waals surface area contributed by atoms with E-state index in [9.17, 15) is 8.78 Å². The third-order valence-corrected chi connectivity index (χ3v) is 3.65. The predicted molar refractivity (Wildman–Crippen MR) is 76.8 cm³/mol. The molecule has 0 aliphatic heterocycles. The molecule has 0 aliphatic carbocycles. The van der Waals surface area contributed by atoms with E-state index in [4.69, 9.17) is 21.4 Å². The zero-order valence-corrected chi connectivity index (χ0v) is 12.1. The second-order valence-corrected chi connectivity index (χ2v) is 5.42. The van der Waals surface area contributed by atoms with Crippen LogP contribution in [0.3, 0.4) is 0 Å². The van der Waals surface area contributed by atoms with Crippen LogP contribution in [0.15, 0.2) is 34.9 Å². The van der Waals surface area contributed by atoms with Crippen LogP contribution in [0.2, 0.25) is 0 Å². The minimum absolute atomic E-state index is 0.0603. The quantitative estimate of drug-likeness (QED) is 0.779. The van der Waals surface area contributed by atoms with E-state index in [0.717, 1.165) is 0 Å². The maximum atomic E-state index is 13.6. The van der Waals surface area contributed by atoms with Gasteiger partial charge < -0.3 is 14.1 Å². The summed E-state index contributed by atoms with van der Waals surface area (Å²) in [5.74, 6) is 1.63. The molecular weight excluding hydrogens is 304 g/mol. The Hall–Kier alpha value is -1.34. The molecule has 1 heterocycles. The van der Waals surface area contributed by atoms with Crippen molar-refractivity contribution in [1.29, 1.82) is 0 Å². The van der Waals surface area contributed by atoms with Gasteiger partial charge in [0.05, 0.1) is 5.75 Å². The highest BCUT2D eigenvalue weighted by molar-refractivity contribution is 7.98. The zero-order valence-electron chi connectivity index (χ0n) is 10.5. The smallest absolute Gasteiger partial charge is 0.266 e. The molecule has 20 heavy (non-hydrogen) atoms. The summed E-state index contributed by atoms with van der Waals surface area (Å²) in [6.45, 7) is -0.0603. The number of ether oxygens (including phenoxy) is 1. The van der Waals surface area contributed by atoms with Gasteiger partial charge in [0.2, 0.25) is 0 Å². The van der Waals surface area contributed by atoms with Crippen LogP contribution in [-0.2, 0) is 5.75 Å². The molecule has 108 valence electrons. The van der Waals surface area contributed by atoms with E-state index in [1.165, 1.54) is 36.0 Å². The number of alkyl halides is 1. The fourth-order valence-corrected chi connectivity index (χ4v) is 2.42. The van der Waals surface area contributed by atoms with Gasteiger partial charge in [-0.05, 0) is 36.5 Å². The molecule has 2 rings (SSSR count). The van der Waals surface area contributed by atoms with Crippen molar-refractivity contribution in [3.8, 4) is 5.75 Å². The van der Waals surface area contributed by atoms with Gasteiger partial charge in [0.25, 0.3) is 4.84 Å². The van der Waals surface area contributed by atoms with E-state index in [2.05, 4.69) is 4.98 Å². The Labute approximate surface area is 124 Å². The number of oxazole rings is 1. The Morgan fingerprint density at radius 1 is 1.35 bits per heavy atom. The lowest BCUT2D eigenvalue weighted by Gasteiger charge is -2.09. The van der Waals surface area contributed by atoms with E-state index in [1.54, 1.807) is 6.20 Å². The zero-order chi connectivity index (χ0) is 14.4. The summed E-state index contributed by atoms with van der Waals surface area (Å²) >= 11 is 6.18. The van der Waals surface area contributed by atoms with Gasteiger partial charge in [0.1, 0.15) is 30.1 Å². The number of H-pyrrole nitrogens is 1. The van der Waals surface area contributed by atoms with Gasteiger partial charge in [-0.25, -0.2) is 8.78 Å². The summed E-state index contributed by atoms with van der Waals surface area (Å²) in [7, 11) is 0. The summed E-state index contributed by atoms with van der Waals surface area (Å²) in [5.41, 5.74) is 0. The number of rotatable bonds is 7. The highest BCUT2D eigenvalue weighted by Crippen LogP contribution is 2.16. The number of nitrogens with one attached hydrogen (secondary N) is 1. The molecule has 0 radical (unpaired) electrons. The first-order valence-corrected chi connectivity index (χ1v) is 7.47. The molecule has 1 unspecified atom stereocenters. The number of aromatic nitrogens is 1. The van der Waals surface area contributed by atoms with Crippen LogP contribution in [0.25, 0.3) is 0 Å². The monoisotopic (exact) mass is 317 g/mol. The van der Waals surface area contributed by atoms with Crippen molar-refractivity contribution in [2.45, 2.75) is 11.9 Å². The normalized spacial score (nSPS) is 12.3. The molecule has 0 saturated heterocycles. The van der Waals surface area contributed by atoms with Crippen LogP contribution in [0.5, 0.6) is 5.75 Å². The average Bonchev–Trinajstić information content (AvgIpc) is 2.84. The van der Waals surface area contributed by atoms with Crippen LogP contribution in [-0.4, -0.2) is 23.5 Å². The van der Waals surface area contributed by atoms with E-state index < -0.39 is 6.17 Å². The van der Waals surface area contributed by atoms with Gasteiger partial charge in [-0.3, -0.25) is 0 Å². The van der Waals surface area contributed by atoms with Crippen molar-refractivity contribution in [3.63, 3.8) is 0 Å². The third kappa shape index (κ3) is 4.97. The molecule has 1 aromatic heterocycles. The molecule has 7 heteroatoms. The maximum absolute atomic E-state index is 13.6. The summed E-state index contributed by atoms with van der Waals surface area (Å²) in [4.78, 5) is 3.06. The summed E-state index contributed by atoms with van der Waals surface area (Å²) < 4.78 is 36.6. The molecular formula is C13H13F2NO2S2. The minimum atomic E-state index is -1.10. The SMILES string of the molecule is Fc1ccc(OCC(F)CSCc2c[nH]c(=S)o2)cc1. The third-order valence-electron chi connectivity index (χ3n) is 2.36. The topological polar surface area (TPSA) is 38.2 Å². The van der Waals surface area contributed by atoms with E-state index in [1.807, 2.05) is 0 Å². The first-order valence-electron chi connectivity index (χ1n) is 5.91. The molecule has 0 amide bonds. The number of hydrogen-bond acceptors (Lipinski definition) is 4. The molecule has 0 saturated carbocycles. The second kappa shape index (κ2) is 7.44. The molecule has 0 bridgehead atoms. The first-order chi connectivity index (χ1) is 9.63. The fourth-order valence-electron chi connectivity index (χ4n) is 1.44. The van der Waals surface area contributed by atoms with E-state index >= 15 is 0 Å². The van der Waals surface area contributed by atoms with Crippen LogP contribution < -0.4 is 4.74 Å². The molecule has 0 spiro atoms. The number of halogens is 2.